The maximum atomic E-state index is 10.1. The number of hydrogen-bond acceptors (Lipinski definition) is 2. The molecule has 134 valence electrons. The standard InChI is InChI=1S/C19H24NOP.2ClH.Ti/c1-14-7-9-18(16(12-14)20-10-4-3-5-11-20)22-19-13-15(2)6-8-17(19)21;;;/h6-9,12-13,21-22H,3-5,10-11H2,1-2H3;2*1H;/q;;;+2/p-2. The Bertz CT molecular complexity index is 693. The zero-order valence-corrected chi connectivity index (χ0v) is 18.7. The van der Waals surface area contributed by atoms with E-state index in [0.29, 0.717) is 14.3 Å². The number of rotatable bonds is 3. The van der Waals surface area contributed by atoms with Crippen molar-refractivity contribution < 1.29 is 22.1 Å². The van der Waals surface area contributed by atoms with Crippen molar-refractivity contribution in [2.75, 3.05) is 18.0 Å². The Morgan fingerprint density at radius 2 is 1.52 bits per heavy atom. The van der Waals surface area contributed by atoms with Crippen LogP contribution in [0.1, 0.15) is 30.4 Å². The maximum absolute atomic E-state index is 10.1. The van der Waals surface area contributed by atoms with Crippen molar-refractivity contribution in [3.05, 3.63) is 47.5 Å². The molecular formula is C19H24Cl2NOPTi. The number of anilines is 1. The third-order valence-corrected chi connectivity index (χ3v) is 5.63. The summed E-state index contributed by atoms with van der Waals surface area (Å²) in [5.41, 5.74) is 3.87. The van der Waals surface area contributed by atoms with E-state index in [-0.39, 0.29) is 0 Å². The molecule has 0 aromatic heterocycles. The Labute approximate surface area is 169 Å². The van der Waals surface area contributed by atoms with Crippen LogP contribution in [0.4, 0.5) is 5.69 Å². The zero-order valence-electron chi connectivity index (χ0n) is 14.6. The predicted molar refractivity (Wildman–Crippen MR) is 109 cm³/mol. The Morgan fingerprint density at radius 1 is 0.920 bits per heavy atom. The van der Waals surface area contributed by atoms with Gasteiger partial charge >= 0.3 is 35.6 Å². The van der Waals surface area contributed by atoms with E-state index in [9.17, 15) is 5.11 Å². The average Bonchev–Trinajstić information content (AvgIpc) is 2.61. The Morgan fingerprint density at radius 3 is 2.20 bits per heavy atom. The minimum absolute atomic E-state index is 0.411. The molecule has 6 heteroatoms. The minimum atomic E-state index is -0.556. The predicted octanol–water partition coefficient (Wildman–Crippen LogP) is 5.01. The summed E-state index contributed by atoms with van der Waals surface area (Å²) < 4.78 is 0. The van der Waals surface area contributed by atoms with E-state index in [1.165, 1.54) is 41.4 Å². The molecule has 25 heavy (non-hydrogen) atoms. The van der Waals surface area contributed by atoms with Crippen LogP contribution in [0, 0.1) is 13.8 Å². The second-order valence-electron chi connectivity index (χ2n) is 6.29. The van der Waals surface area contributed by atoms with Crippen LogP contribution in [0.2, 0.25) is 0 Å². The molecule has 1 aliphatic heterocycles. The summed E-state index contributed by atoms with van der Waals surface area (Å²) in [7, 11) is 10.3. The third-order valence-electron chi connectivity index (χ3n) is 4.27. The molecule has 3 rings (SSSR count). The summed E-state index contributed by atoms with van der Waals surface area (Å²) in [6.07, 6.45) is 3.91. The number of phenols is 1. The number of nitrogens with zero attached hydrogens (tertiary/aromatic N) is 1. The van der Waals surface area contributed by atoms with Crippen LogP contribution >= 0.6 is 27.2 Å². The topological polar surface area (TPSA) is 23.5 Å². The summed E-state index contributed by atoms with van der Waals surface area (Å²) in [5, 5.41) is 12.5. The number of halogens is 2. The van der Waals surface area contributed by atoms with Crippen molar-refractivity contribution in [1.82, 2.24) is 0 Å². The summed E-state index contributed by atoms with van der Waals surface area (Å²) in [5.74, 6) is 0.411. The van der Waals surface area contributed by atoms with Crippen molar-refractivity contribution in [3.8, 4) is 5.75 Å². The molecule has 0 spiro atoms. The number of benzene rings is 2. The van der Waals surface area contributed by atoms with Gasteiger partial charge in [-0.1, -0.05) is 32.3 Å². The van der Waals surface area contributed by atoms with E-state index in [0.717, 1.165) is 18.4 Å². The molecule has 1 N–H and O–H groups in total. The molecule has 0 aliphatic carbocycles. The van der Waals surface area contributed by atoms with Crippen molar-refractivity contribution >= 4 is 43.5 Å². The van der Waals surface area contributed by atoms with Gasteiger partial charge < -0.3 is 10.0 Å². The molecule has 0 saturated carbocycles. The van der Waals surface area contributed by atoms with E-state index in [1.54, 1.807) is 0 Å². The molecule has 0 amide bonds. The normalized spacial score (nSPS) is 14.3. The summed E-state index contributed by atoms with van der Waals surface area (Å²) >= 11 is -0.556. The Balaban J connectivity index is 0.000000701. The van der Waals surface area contributed by atoms with E-state index < -0.39 is 17.0 Å². The van der Waals surface area contributed by atoms with Gasteiger partial charge in [-0.2, -0.15) is 0 Å². The number of piperidine rings is 1. The molecule has 2 aromatic rings. The van der Waals surface area contributed by atoms with Gasteiger partial charge in [-0.15, -0.1) is 0 Å². The van der Waals surface area contributed by atoms with Gasteiger partial charge in [0.25, 0.3) is 0 Å². The van der Waals surface area contributed by atoms with Gasteiger partial charge in [-0.05, 0) is 56.9 Å². The zero-order chi connectivity index (χ0) is 18.2. The summed E-state index contributed by atoms with van der Waals surface area (Å²) in [4.78, 5) is 2.52. The number of hydrogen-bond donors (Lipinski definition) is 1. The number of aryl methyl sites for hydroxylation is 2. The van der Waals surface area contributed by atoms with Crippen LogP contribution < -0.4 is 15.5 Å². The first-order valence-electron chi connectivity index (χ1n) is 8.43. The van der Waals surface area contributed by atoms with Gasteiger partial charge in [0.15, 0.2) is 0 Å². The van der Waals surface area contributed by atoms with Crippen molar-refractivity contribution in [2.24, 2.45) is 0 Å². The quantitative estimate of drug-likeness (QED) is 0.545. The van der Waals surface area contributed by atoms with E-state index in [2.05, 4.69) is 43.0 Å². The molecule has 1 atom stereocenters. The molecule has 1 fully saturated rings. The van der Waals surface area contributed by atoms with Gasteiger partial charge in [-0.25, -0.2) is 0 Å². The van der Waals surface area contributed by atoms with Gasteiger partial charge in [0.05, 0.1) is 0 Å². The van der Waals surface area contributed by atoms with Crippen LogP contribution in [-0.2, 0) is 17.0 Å². The third kappa shape index (κ3) is 6.45. The average molecular weight is 432 g/mol. The second-order valence-corrected chi connectivity index (χ2v) is 10.2. The molecule has 1 unspecified atom stereocenters. The molecule has 1 saturated heterocycles. The van der Waals surface area contributed by atoms with Crippen LogP contribution in [0.25, 0.3) is 0 Å². The van der Waals surface area contributed by atoms with Gasteiger partial charge in [-0.3, -0.25) is 0 Å². The summed E-state index contributed by atoms with van der Waals surface area (Å²) in [6, 6.07) is 12.6. The van der Waals surface area contributed by atoms with Gasteiger partial charge in [0.2, 0.25) is 0 Å². The monoisotopic (exact) mass is 431 g/mol. The van der Waals surface area contributed by atoms with Gasteiger partial charge in [0, 0.05) is 29.4 Å². The summed E-state index contributed by atoms with van der Waals surface area (Å²) in [6.45, 7) is 6.54. The first-order valence-corrected chi connectivity index (χ1v) is 13.7. The molecule has 2 aromatic carbocycles. The molecule has 2 nitrogen and oxygen atoms in total. The van der Waals surface area contributed by atoms with E-state index >= 15 is 0 Å². The molecular weight excluding hydrogens is 408 g/mol. The van der Waals surface area contributed by atoms with Crippen molar-refractivity contribution in [3.63, 3.8) is 0 Å². The van der Waals surface area contributed by atoms with Crippen LogP contribution in [-0.4, -0.2) is 18.2 Å². The van der Waals surface area contributed by atoms with E-state index in [1.807, 2.05) is 12.1 Å². The fourth-order valence-corrected chi connectivity index (χ4v) is 4.37. The molecule has 0 bridgehead atoms. The van der Waals surface area contributed by atoms with Crippen molar-refractivity contribution in [2.45, 2.75) is 33.1 Å². The molecule has 1 heterocycles. The Hall–Kier alpha value is -0.236. The fraction of sp³-hybridized carbons (Fsp3) is 0.368. The van der Waals surface area contributed by atoms with Crippen LogP contribution in [0.5, 0.6) is 5.75 Å². The molecule has 0 radical (unpaired) electrons. The SMILES string of the molecule is Cc1ccc(O)c(Pc2ccc(C)cc2N2CCCCC2)c1.[Cl][Ti][Cl]. The van der Waals surface area contributed by atoms with Gasteiger partial charge in [0.1, 0.15) is 5.75 Å². The fourth-order valence-electron chi connectivity index (χ4n) is 3.04. The number of aromatic hydroxyl groups is 1. The first-order chi connectivity index (χ1) is 12.0. The second kappa shape index (κ2) is 10.8. The van der Waals surface area contributed by atoms with Crippen LogP contribution in [0.15, 0.2) is 36.4 Å². The Kier molecular flexibility index (Phi) is 9.10. The number of phenolic OH excluding ortho intramolecular Hbond substituents is 1. The van der Waals surface area contributed by atoms with Crippen LogP contribution in [0.3, 0.4) is 0 Å². The van der Waals surface area contributed by atoms with Crippen molar-refractivity contribution in [1.29, 1.82) is 0 Å². The van der Waals surface area contributed by atoms with E-state index in [4.69, 9.17) is 18.6 Å². The first kappa shape index (κ1) is 21.1. The molecule has 1 aliphatic rings.